The summed E-state index contributed by atoms with van der Waals surface area (Å²) >= 11 is 0. The lowest BCUT2D eigenvalue weighted by Gasteiger charge is -2.16. The van der Waals surface area contributed by atoms with E-state index < -0.39 is 0 Å². The molecule has 3 aromatic rings. The Labute approximate surface area is 146 Å². The highest BCUT2D eigenvalue weighted by Crippen LogP contribution is 2.18. The number of nitrogens with one attached hydrogen (secondary N) is 1. The molecular weight excluding hydrogens is 314 g/mol. The molecule has 126 valence electrons. The highest BCUT2D eigenvalue weighted by Gasteiger charge is 2.14. The van der Waals surface area contributed by atoms with Crippen LogP contribution in [0.15, 0.2) is 61.1 Å². The summed E-state index contributed by atoms with van der Waals surface area (Å²) in [5, 5.41) is 7.14. The summed E-state index contributed by atoms with van der Waals surface area (Å²) in [6, 6.07) is 13.5. The van der Waals surface area contributed by atoms with Crippen LogP contribution in [0.5, 0.6) is 0 Å². The van der Waals surface area contributed by atoms with E-state index in [0.717, 1.165) is 24.6 Å². The van der Waals surface area contributed by atoms with E-state index in [-0.39, 0.29) is 5.91 Å². The SMILES string of the molecule is O=C(Nc1cnn(-c2ccccc2)c1)c1ccc(N2CCCC2)nc1. The molecule has 25 heavy (non-hydrogen) atoms. The van der Waals surface area contributed by atoms with Crippen molar-refractivity contribution in [2.24, 2.45) is 0 Å². The first-order valence-corrected chi connectivity index (χ1v) is 8.42. The zero-order valence-corrected chi connectivity index (χ0v) is 13.8. The first-order valence-electron chi connectivity index (χ1n) is 8.42. The van der Waals surface area contributed by atoms with Gasteiger partial charge in [-0.2, -0.15) is 5.10 Å². The fourth-order valence-electron chi connectivity index (χ4n) is 2.97. The van der Waals surface area contributed by atoms with Crippen LogP contribution in [0.4, 0.5) is 11.5 Å². The van der Waals surface area contributed by atoms with Crippen molar-refractivity contribution in [3.05, 3.63) is 66.6 Å². The maximum atomic E-state index is 12.4. The van der Waals surface area contributed by atoms with Crippen molar-refractivity contribution in [2.45, 2.75) is 12.8 Å². The number of pyridine rings is 1. The number of amides is 1. The van der Waals surface area contributed by atoms with Crippen LogP contribution in [-0.2, 0) is 0 Å². The highest BCUT2D eigenvalue weighted by molar-refractivity contribution is 6.04. The number of carbonyl (C=O) groups is 1. The zero-order valence-electron chi connectivity index (χ0n) is 13.8. The Bertz CT molecular complexity index is 851. The molecule has 1 N–H and O–H groups in total. The van der Waals surface area contributed by atoms with Crippen LogP contribution in [0.1, 0.15) is 23.2 Å². The summed E-state index contributed by atoms with van der Waals surface area (Å²) in [6.45, 7) is 2.08. The van der Waals surface area contributed by atoms with Crippen LogP contribution in [-0.4, -0.2) is 33.8 Å². The molecule has 1 aromatic carbocycles. The van der Waals surface area contributed by atoms with Crippen LogP contribution in [0.2, 0.25) is 0 Å². The van der Waals surface area contributed by atoms with E-state index in [2.05, 4.69) is 20.3 Å². The van der Waals surface area contributed by atoms with Gasteiger partial charge in [0.1, 0.15) is 5.82 Å². The number of nitrogens with zero attached hydrogens (tertiary/aromatic N) is 4. The fourth-order valence-corrected chi connectivity index (χ4v) is 2.97. The summed E-state index contributed by atoms with van der Waals surface area (Å²) in [6.07, 6.45) is 7.46. The van der Waals surface area contributed by atoms with Gasteiger partial charge in [0.2, 0.25) is 0 Å². The van der Waals surface area contributed by atoms with Gasteiger partial charge in [-0.3, -0.25) is 4.79 Å². The van der Waals surface area contributed by atoms with Gasteiger partial charge in [0.05, 0.1) is 29.3 Å². The minimum absolute atomic E-state index is 0.187. The summed E-state index contributed by atoms with van der Waals surface area (Å²) in [5.74, 6) is 0.749. The molecular formula is C19H19N5O. The number of hydrogen-bond donors (Lipinski definition) is 1. The maximum Gasteiger partial charge on any atom is 0.257 e. The first kappa shape index (κ1) is 15.4. The van der Waals surface area contributed by atoms with E-state index in [1.807, 2.05) is 42.5 Å². The Morgan fingerprint density at radius 2 is 1.80 bits per heavy atom. The molecule has 1 fully saturated rings. The first-order chi connectivity index (χ1) is 12.3. The normalized spacial score (nSPS) is 13.8. The zero-order chi connectivity index (χ0) is 17.1. The molecule has 0 saturated carbocycles. The van der Waals surface area contributed by atoms with Crippen LogP contribution in [0, 0.1) is 0 Å². The van der Waals surface area contributed by atoms with E-state index in [1.165, 1.54) is 12.8 Å². The lowest BCUT2D eigenvalue weighted by Crippen LogP contribution is -2.19. The molecule has 1 amide bonds. The molecule has 3 heterocycles. The molecule has 1 aliphatic rings. The molecule has 2 aromatic heterocycles. The summed E-state index contributed by atoms with van der Waals surface area (Å²) in [7, 11) is 0. The monoisotopic (exact) mass is 333 g/mol. The smallest absolute Gasteiger partial charge is 0.257 e. The number of rotatable bonds is 4. The number of para-hydroxylation sites is 1. The number of aromatic nitrogens is 3. The summed E-state index contributed by atoms with van der Waals surface area (Å²) in [4.78, 5) is 19.1. The van der Waals surface area contributed by atoms with Gasteiger partial charge in [0, 0.05) is 19.3 Å². The van der Waals surface area contributed by atoms with Crippen molar-refractivity contribution < 1.29 is 4.79 Å². The van der Waals surface area contributed by atoms with Crippen molar-refractivity contribution in [1.29, 1.82) is 0 Å². The molecule has 4 rings (SSSR count). The van der Waals surface area contributed by atoms with Crippen molar-refractivity contribution in [1.82, 2.24) is 14.8 Å². The van der Waals surface area contributed by atoms with Gasteiger partial charge in [0.25, 0.3) is 5.91 Å². The molecule has 1 aliphatic heterocycles. The Morgan fingerprint density at radius 3 is 2.52 bits per heavy atom. The van der Waals surface area contributed by atoms with Gasteiger partial charge >= 0.3 is 0 Å². The van der Waals surface area contributed by atoms with Crippen molar-refractivity contribution in [2.75, 3.05) is 23.3 Å². The van der Waals surface area contributed by atoms with Crippen LogP contribution < -0.4 is 10.2 Å². The maximum absolute atomic E-state index is 12.4. The van der Waals surface area contributed by atoms with Crippen LogP contribution >= 0.6 is 0 Å². The number of carbonyl (C=O) groups excluding carboxylic acids is 1. The molecule has 0 spiro atoms. The molecule has 0 unspecified atom stereocenters. The summed E-state index contributed by atoms with van der Waals surface area (Å²) in [5.41, 5.74) is 2.13. The van der Waals surface area contributed by atoms with Gasteiger partial charge < -0.3 is 10.2 Å². The minimum atomic E-state index is -0.187. The molecule has 1 saturated heterocycles. The average molecular weight is 333 g/mol. The average Bonchev–Trinajstić information content (AvgIpc) is 3.35. The molecule has 0 radical (unpaired) electrons. The number of benzene rings is 1. The van der Waals surface area contributed by atoms with Crippen molar-refractivity contribution in [3.63, 3.8) is 0 Å². The number of hydrogen-bond acceptors (Lipinski definition) is 4. The molecule has 6 nitrogen and oxygen atoms in total. The molecule has 0 atom stereocenters. The van der Waals surface area contributed by atoms with E-state index >= 15 is 0 Å². The third-order valence-corrected chi connectivity index (χ3v) is 4.30. The van der Waals surface area contributed by atoms with Gasteiger partial charge in [-0.1, -0.05) is 18.2 Å². The van der Waals surface area contributed by atoms with Crippen LogP contribution in [0.3, 0.4) is 0 Å². The van der Waals surface area contributed by atoms with Crippen molar-refractivity contribution >= 4 is 17.4 Å². The van der Waals surface area contributed by atoms with Gasteiger partial charge in [-0.05, 0) is 37.1 Å². The lowest BCUT2D eigenvalue weighted by atomic mass is 10.2. The van der Waals surface area contributed by atoms with E-state index in [9.17, 15) is 4.79 Å². The standard InChI is InChI=1S/C19H19N5O/c25-19(15-8-9-18(20-12-15)23-10-4-5-11-23)22-16-13-21-24(14-16)17-6-2-1-3-7-17/h1-3,6-9,12-14H,4-5,10-11H2,(H,22,25). The Morgan fingerprint density at radius 1 is 1.00 bits per heavy atom. The van der Waals surface area contributed by atoms with E-state index in [0.29, 0.717) is 11.3 Å². The molecule has 6 heteroatoms. The highest BCUT2D eigenvalue weighted by atomic mass is 16.1. The fraction of sp³-hybridized carbons (Fsp3) is 0.211. The topological polar surface area (TPSA) is 63.1 Å². The Kier molecular flexibility index (Phi) is 4.16. The third-order valence-electron chi connectivity index (χ3n) is 4.30. The van der Waals surface area contributed by atoms with E-state index in [1.54, 1.807) is 23.3 Å². The Balaban J connectivity index is 1.44. The van der Waals surface area contributed by atoms with Crippen molar-refractivity contribution in [3.8, 4) is 5.69 Å². The van der Waals surface area contributed by atoms with Gasteiger partial charge in [0.15, 0.2) is 0 Å². The quantitative estimate of drug-likeness (QED) is 0.797. The Hall–Kier alpha value is -3.15. The number of anilines is 2. The third kappa shape index (κ3) is 3.38. The van der Waals surface area contributed by atoms with Gasteiger partial charge in [-0.25, -0.2) is 9.67 Å². The second-order valence-corrected chi connectivity index (χ2v) is 6.06. The molecule has 0 aliphatic carbocycles. The lowest BCUT2D eigenvalue weighted by molar-refractivity contribution is 0.102. The largest absolute Gasteiger partial charge is 0.357 e. The van der Waals surface area contributed by atoms with E-state index in [4.69, 9.17) is 0 Å². The van der Waals surface area contributed by atoms with Gasteiger partial charge in [-0.15, -0.1) is 0 Å². The second-order valence-electron chi connectivity index (χ2n) is 6.06. The minimum Gasteiger partial charge on any atom is -0.357 e. The molecule has 0 bridgehead atoms. The van der Waals surface area contributed by atoms with Crippen LogP contribution in [0.25, 0.3) is 5.69 Å². The predicted octanol–water partition coefficient (Wildman–Crippen LogP) is 3.12. The second kappa shape index (κ2) is 6.76. The predicted molar refractivity (Wildman–Crippen MR) is 97.2 cm³/mol. The summed E-state index contributed by atoms with van der Waals surface area (Å²) < 4.78 is 1.73.